The van der Waals surface area contributed by atoms with E-state index in [1.54, 1.807) is 46.1 Å². The van der Waals surface area contributed by atoms with E-state index in [4.69, 9.17) is 20.4 Å². The first-order valence-electron chi connectivity index (χ1n) is 14.3. The Bertz CT molecular complexity index is 1790. The number of benzene rings is 1. The summed E-state index contributed by atoms with van der Waals surface area (Å²) in [7, 11) is 0. The summed E-state index contributed by atoms with van der Waals surface area (Å²) in [6.07, 6.45) is -1.09. The van der Waals surface area contributed by atoms with Crippen LogP contribution >= 0.6 is 0 Å². The van der Waals surface area contributed by atoms with Gasteiger partial charge in [-0.15, -0.1) is 0 Å². The number of aromatic nitrogens is 4. The number of carboxylic acids is 1. The summed E-state index contributed by atoms with van der Waals surface area (Å²) in [6, 6.07) is 10.5. The molecule has 0 saturated carbocycles. The Balaban J connectivity index is 0.000000537. The van der Waals surface area contributed by atoms with Crippen LogP contribution in [-0.4, -0.2) is 60.9 Å². The van der Waals surface area contributed by atoms with Gasteiger partial charge in [-0.25, -0.2) is 28.1 Å². The second-order valence-electron chi connectivity index (χ2n) is 10.9. The average Bonchev–Trinajstić information content (AvgIpc) is 3.30. The first-order valence-corrected chi connectivity index (χ1v) is 14.3. The van der Waals surface area contributed by atoms with Gasteiger partial charge >= 0.3 is 23.9 Å². The normalized spacial score (nSPS) is 20.3. The summed E-state index contributed by atoms with van der Waals surface area (Å²) in [5, 5.41) is 7.12. The number of carbonyl (C=O) groups excluding carboxylic acids is 1. The van der Waals surface area contributed by atoms with Gasteiger partial charge in [0.05, 0.1) is 11.2 Å². The van der Waals surface area contributed by atoms with Crippen molar-refractivity contribution in [3.63, 3.8) is 0 Å². The van der Waals surface area contributed by atoms with Gasteiger partial charge in [-0.05, 0) is 61.1 Å². The number of pyridine rings is 2. The van der Waals surface area contributed by atoms with E-state index in [-0.39, 0.29) is 17.3 Å². The number of ether oxygens (including phenoxy) is 1. The highest BCUT2D eigenvalue weighted by Crippen LogP contribution is 2.43. The smallest absolute Gasteiger partial charge is 0.475 e. The van der Waals surface area contributed by atoms with Gasteiger partial charge in [-0.2, -0.15) is 13.2 Å². The molecule has 4 N–H and O–H groups in total. The van der Waals surface area contributed by atoms with Gasteiger partial charge in [0.15, 0.2) is 17.3 Å². The van der Waals surface area contributed by atoms with E-state index in [1.807, 2.05) is 6.07 Å². The van der Waals surface area contributed by atoms with Crippen molar-refractivity contribution in [2.24, 2.45) is 5.73 Å². The molecule has 3 aromatic heterocycles. The molecule has 0 bridgehead atoms. The van der Waals surface area contributed by atoms with Crippen molar-refractivity contribution in [3.8, 4) is 0 Å². The van der Waals surface area contributed by atoms with E-state index in [0.717, 1.165) is 11.6 Å². The number of alkyl halides is 3. The maximum Gasteiger partial charge on any atom is 0.490 e. The maximum atomic E-state index is 14.7. The fourth-order valence-electron chi connectivity index (χ4n) is 5.94. The fraction of sp³-hybridized carbons (Fsp3) is 0.367. The highest BCUT2D eigenvalue weighted by Gasteiger charge is 2.38. The van der Waals surface area contributed by atoms with Crippen LogP contribution in [0.25, 0.3) is 11.2 Å². The lowest BCUT2D eigenvalue weighted by atomic mass is 9.86. The first kappa shape index (κ1) is 32.5. The molecule has 0 unspecified atom stereocenters. The van der Waals surface area contributed by atoms with Crippen molar-refractivity contribution >= 4 is 23.2 Å². The summed E-state index contributed by atoms with van der Waals surface area (Å²) in [5.41, 5.74) is 9.02. The molecule has 1 aliphatic heterocycles. The molecular formula is C30H29F5N6O5. The van der Waals surface area contributed by atoms with Crippen molar-refractivity contribution in [1.29, 1.82) is 0 Å². The summed E-state index contributed by atoms with van der Waals surface area (Å²) in [5.74, 6) is -5.10. The molecule has 1 aliphatic carbocycles. The Labute approximate surface area is 257 Å². The number of aliphatic carboxylic acids is 1. The molecule has 0 radical (unpaired) electrons. The number of hydrogen-bond donors (Lipinski definition) is 3. The SMILES string of the molecule is N[C@@H]1c2cccnc2[C@@H](OC(=O)N2CCC(n3c(=O)[nH]c4ncccc43)CC2)CC[C@H]1c1cccc(F)c1F.O=C(O)C(F)(F)F. The van der Waals surface area contributed by atoms with Gasteiger partial charge in [0, 0.05) is 43.5 Å². The number of imidazole rings is 1. The molecule has 0 spiro atoms. The van der Waals surface area contributed by atoms with Crippen LogP contribution in [0, 0.1) is 11.6 Å². The standard InChI is InChI=1S/C28H28F2N6O3.C2HF3O2/c29-20-6-1-4-17(23(20)30)18-8-9-22(25-19(24(18)31)5-2-12-32-25)39-28(38)35-14-10-16(11-15-35)36-21-7-3-13-33-26(21)34-27(36)37;3-2(4,5)1(6)7/h1-7,12-13,16,18,22,24H,8-11,14-15,31H2,(H,33,34,37);(H,6,7)/t18-,22-,24-;/m0./s1. The number of halogens is 5. The van der Waals surface area contributed by atoms with Crippen LogP contribution in [0.2, 0.25) is 0 Å². The second kappa shape index (κ2) is 13.2. The summed E-state index contributed by atoms with van der Waals surface area (Å²) < 4.78 is 68.1. The largest absolute Gasteiger partial charge is 0.490 e. The molecule has 46 heavy (non-hydrogen) atoms. The minimum Gasteiger partial charge on any atom is -0.475 e. The van der Waals surface area contributed by atoms with Gasteiger partial charge in [0.1, 0.15) is 6.10 Å². The van der Waals surface area contributed by atoms with Crippen LogP contribution in [0.5, 0.6) is 0 Å². The lowest BCUT2D eigenvalue weighted by molar-refractivity contribution is -0.192. The predicted octanol–water partition coefficient (Wildman–Crippen LogP) is 5.12. The number of carbonyl (C=O) groups is 2. The average molecular weight is 649 g/mol. The molecule has 4 aromatic rings. The second-order valence-corrected chi connectivity index (χ2v) is 10.9. The Morgan fingerprint density at radius 3 is 2.30 bits per heavy atom. The number of fused-ring (bicyclic) bond motifs is 2. The van der Waals surface area contributed by atoms with Gasteiger partial charge in [0.25, 0.3) is 0 Å². The molecule has 1 aromatic carbocycles. The third kappa shape index (κ3) is 6.71. The van der Waals surface area contributed by atoms with Crippen molar-refractivity contribution in [2.45, 2.75) is 56.0 Å². The number of H-pyrrole nitrogens is 1. The van der Waals surface area contributed by atoms with Gasteiger partial charge in [-0.3, -0.25) is 14.5 Å². The van der Waals surface area contributed by atoms with Gasteiger partial charge in [0.2, 0.25) is 0 Å². The minimum atomic E-state index is -5.08. The maximum absolute atomic E-state index is 14.7. The molecule has 16 heteroatoms. The molecule has 11 nitrogen and oxygen atoms in total. The van der Waals surface area contributed by atoms with E-state index in [1.165, 1.54) is 6.07 Å². The van der Waals surface area contributed by atoms with E-state index in [0.29, 0.717) is 55.7 Å². The number of rotatable bonds is 3. The number of piperidine rings is 1. The lowest BCUT2D eigenvalue weighted by Crippen LogP contribution is -2.41. The zero-order valence-electron chi connectivity index (χ0n) is 24.1. The molecule has 2 aliphatic rings. The number of nitrogens with two attached hydrogens (primary N) is 1. The topological polar surface area (TPSA) is 156 Å². The molecule has 6 rings (SSSR count). The summed E-state index contributed by atoms with van der Waals surface area (Å²) >= 11 is 0. The third-order valence-electron chi connectivity index (χ3n) is 8.15. The van der Waals surface area contributed by atoms with Gasteiger partial charge < -0.3 is 20.5 Å². The number of amides is 1. The number of aromatic amines is 1. The van der Waals surface area contributed by atoms with Crippen molar-refractivity contribution in [1.82, 2.24) is 24.4 Å². The van der Waals surface area contributed by atoms with Gasteiger partial charge in [-0.1, -0.05) is 18.2 Å². The van der Waals surface area contributed by atoms with E-state index in [9.17, 15) is 31.5 Å². The Morgan fingerprint density at radius 1 is 0.957 bits per heavy atom. The molecule has 1 amide bonds. The van der Waals surface area contributed by atoms with Crippen LogP contribution < -0.4 is 11.4 Å². The molecule has 1 saturated heterocycles. The molecule has 3 atom stereocenters. The highest BCUT2D eigenvalue weighted by molar-refractivity contribution is 5.73. The number of nitrogens with zero attached hydrogens (tertiary/aromatic N) is 4. The number of hydrogen-bond acceptors (Lipinski definition) is 7. The lowest BCUT2D eigenvalue weighted by Gasteiger charge is -2.33. The van der Waals surface area contributed by atoms with E-state index >= 15 is 0 Å². The quantitative estimate of drug-likeness (QED) is 0.204. The number of nitrogens with one attached hydrogen (secondary N) is 1. The van der Waals surface area contributed by atoms with E-state index < -0.39 is 47.9 Å². The first-order chi connectivity index (χ1) is 21.9. The number of carboxylic acid groups (broad SMARTS) is 1. The Hall–Kier alpha value is -4.86. The summed E-state index contributed by atoms with van der Waals surface area (Å²) in [4.78, 5) is 47.8. The molecule has 244 valence electrons. The molecule has 4 heterocycles. The minimum absolute atomic E-state index is 0.0697. The monoisotopic (exact) mass is 648 g/mol. The van der Waals surface area contributed by atoms with Crippen LogP contribution in [0.3, 0.4) is 0 Å². The fourth-order valence-corrected chi connectivity index (χ4v) is 5.94. The zero-order valence-corrected chi connectivity index (χ0v) is 24.1. The van der Waals surface area contributed by atoms with Crippen molar-refractivity contribution < 1.29 is 41.4 Å². The van der Waals surface area contributed by atoms with Crippen LogP contribution in [0.1, 0.15) is 66.6 Å². The third-order valence-corrected chi connectivity index (χ3v) is 8.15. The molecular weight excluding hydrogens is 619 g/mol. The summed E-state index contributed by atoms with van der Waals surface area (Å²) in [6.45, 7) is 0.836. The number of likely N-dealkylation sites (tertiary alicyclic amines) is 1. The van der Waals surface area contributed by atoms with Crippen molar-refractivity contribution in [3.05, 3.63) is 93.8 Å². The Morgan fingerprint density at radius 2 is 1.61 bits per heavy atom. The Kier molecular flexibility index (Phi) is 9.37. The van der Waals surface area contributed by atoms with E-state index in [2.05, 4.69) is 15.0 Å². The van der Waals surface area contributed by atoms with Crippen molar-refractivity contribution in [2.75, 3.05) is 13.1 Å². The zero-order chi connectivity index (χ0) is 33.2. The predicted molar refractivity (Wildman–Crippen MR) is 153 cm³/mol. The van der Waals surface area contributed by atoms with Crippen LogP contribution in [-0.2, 0) is 9.53 Å². The van der Waals surface area contributed by atoms with Crippen LogP contribution in [0.15, 0.2) is 59.7 Å². The van der Waals surface area contributed by atoms with Crippen LogP contribution in [0.4, 0.5) is 26.7 Å². The highest BCUT2D eigenvalue weighted by atomic mass is 19.4. The molecule has 1 fully saturated rings.